The van der Waals surface area contributed by atoms with Crippen LogP contribution in [0.1, 0.15) is 11.1 Å². The SMILES string of the molecule is O=C(NC[C@@H]1COc2ccccc2O1)/C(=C/c1ccccc1Cl)c1ccccc1. The van der Waals surface area contributed by atoms with Crippen LogP contribution >= 0.6 is 11.6 Å². The lowest BCUT2D eigenvalue weighted by Crippen LogP contribution is -2.41. The second kappa shape index (κ2) is 8.84. The predicted octanol–water partition coefficient (Wildman–Crippen LogP) is 4.84. The van der Waals surface area contributed by atoms with Crippen LogP contribution in [-0.2, 0) is 4.79 Å². The summed E-state index contributed by atoms with van der Waals surface area (Å²) in [5.41, 5.74) is 2.14. The molecule has 1 heterocycles. The summed E-state index contributed by atoms with van der Waals surface area (Å²) in [7, 11) is 0. The van der Waals surface area contributed by atoms with Crippen LogP contribution in [0.3, 0.4) is 0 Å². The van der Waals surface area contributed by atoms with Gasteiger partial charge >= 0.3 is 0 Å². The predicted molar refractivity (Wildman–Crippen MR) is 115 cm³/mol. The fraction of sp³-hybridized carbons (Fsp3) is 0.125. The molecule has 0 fully saturated rings. The van der Waals surface area contributed by atoms with Crippen molar-refractivity contribution in [2.75, 3.05) is 13.2 Å². The molecule has 0 saturated carbocycles. The van der Waals surface area contributed by atoms with E-state index < -0.39 is 0 Å². The van der Waals surface area contributed by atoms with Crippen LogP contribution in [0.2, 0.25) is 5.02 Å². The fourth-order valence-electron chi connectivity index (χ4n) is 3.11. The number of nitrogens with one attached hydrogen (secondary N) is 1. The van der Waals surface area contributed by atoms with Crippen LogP contribution in [0.4, 0.5) is 0 Å². The molecule has 0 radical (unpaired) electrons. The minimum Gasteiger partial charge on any atom is -0.486 e. The van der Waals surface area contributed by atoms with Crippen molar-refractivity contribution in [3.63, 3.8) is 0 Å². The van der Waals surface area contributed by atoms with Crippen molar-refractivity contribution >= 4 is 29.2 Å². The molecule has 1 aliphatic rings. The average Bonchev–Trinajstić information content (AvgIpc) is 2.77. The van der Waals surface area contributed by atoms with Gasteiger partial charge in [0.1, 0.15) is 12.7 Å². The summed E-state index contributed by atoms with van der Waals surface area (Å²) in [5, 5.41) is 3.56. The molecule has 0 spiro atoms. The molecule has 146 valence electrons. The number of hydrogen-bond acceptors (Lipinski definition) is 3. The van der Waals surface area contributed by atoms with Crippen molar-refractivity contribution < 1.29 is 14.3 Å². The molecule has 1 aliphatic heterocycles. The Morgan fingerprint density at radius 3 is 2.45 bits per heavy atom. The summed E-state index contributed by atoms with van der Waals surface area (Å²) < 4.78 is 11.6. The van der Waals surface area contributed by atoms with Crippen molar-refractivity contribution in [3.05, 3.63) is 95.0 Å². The number of benzene rings is 3. The Hall–Kier alpha value is -3.24. The van der Waals surface area contributed by atoms with E-state index in [2.05, 4.69) is 5.32 Å². The molecule has 1 atom stereocenters. The van der Waals surface area contributed by atoms with Crippen LogP contribution in [0.25, 0.3) is 11.6 Å². The topological polar surface area (TPSA) is 47.6 Å². The molecule has 0 saturated heterocycles. The first-order chi connectivity index (χ1) is 14.2. The fourth-order valence-corrected chi connectivity index (χ4v) is 3.30. The van der Waals surface area contributed by atoms with Gasteiger partial charge in [0.25, 0.3) is 5.91 Å². The van der Waals surface area contributed by atoms with Crippen LogP contribution in [0.15, 0.2) is 78.9 Å². The molecular weight excluding hydrogens is 386 g/mol. The zero-order valence-electron chi connectivity index (χ0n) is 15.7. The monoisotopic (exact) mass is 405 g/mol. The highest BCUT2D eigenvalue weighted by Gasteiger charge is 2.22. The van der Waals surface area contributed by atoms with E-state index in [4.69, 9.17) is 21.1 Å². The van der Waals surface area contributed by atoms with Gasteiger partial charge in [0.15, 0.2) is 11.5 Å². The van der Waals surface area contributed by atoms with Crippen LogP contribution < -0.4 is 14.8 Å². The van der Waals surface area contributed by atoms with Gasteiger partial charge in [-0.05, 0) is 35.4 Å². The minimum atomic E-state index is -0.258. The number of amides is 1. The number of ether oxygens (including phenoxy) is 2. The van der Waals surface area contributed by atoms with Gasteiger partial charge in [-0.1, -0.05) is 72.3 Å². The Bertz CT molecular complexity index is 1030. The standard InChI is InChI=1S/C24H20ClNO3/c25-21-11-5-4-10-18(21)14-20(17-8-2-1-3-9-17)24(27)26-15-19-16-28-22-12-6-7-13-23(22)29-19/h1-14,19H,15-16H2,(H,26,27)/b20-14+/t19-/m1/s1. The normalized spacial score (nSPS) is 15.6. The van der Waals surface area contributed by atoms with Crippen molar-refractivity contribution in [2.24, 2.45) is 0 Å². The number of halogens is 1. The Morgan fingerprint density at radius 1 is 0.966 bits per heavy atom. The minimum absolute atomic E-state index is 0.196. The number of hydrogen-bond donors (Lipinski definition) is 1. The summed E-state index contributed by atoms with van der Waals surface area (Å²) in [5.74, 6) is 1.21. The lowest BCUT2D eigenvalue weighted by atomic mass is 10.0. The summed E-state index contributed by atoms with van der Waals surface area (Å²) >= 11 is 6.29. The number of carbonyl (C=O) groups excluding carboxylic acids is 1. The van der Waals surface area contributed by atoms with E-state index >= 15 is 0 Å². The zero-order chi connectivity index (χ0) is 20.1. The Labute approximate surface area is 174 Å². The van der Waals surface area contributed by atoms with Gasteiger partial charge in [0.05, 0.1) is 6.54 Å². The van der Waals surface area contributed by atoms with E-state index in [9.17, 15) is 4.79 Å². The van der Waals surface area contributed by atoms with Gasteiger partial charge in [-0.25, -0.2) is 0 Å². The molecule has 4 rings (SSSR count). The Morgan fingerprint density at radius 2 is 1.66 bits per heavy atom. The first-order valence-corrected chi connectivity index (χ1v) is 9.77. The first kappa shape index (κ1) is 19.1. The van der Waals surface area contributed by atoms with Crippen molar-refractivity contribution in [1.82, 2.24) is 5.32 Å². The van der Waals surface area contributed by atoms with Crippen molar-refractivity contribution in [1.29, 1.82) is 0 Å². The molecule has 0 aromatic heterocycles. The summed E-state index contributed by atoms with van der Waals surface area (Å²) in [6, 6.07) is 24.5. The highest BCUT2D eigenvalue weighted by Crippen LogP contribution is 2.30. The van der Waals surface area contributed by atoms with E-state index in [1.807, 2.05) is 72.8 Å². The third kappa shape index (κ3) is 4.61. The largest absolute Gasteiger partial charge is 0.486 e. The van der Waals surface area contributed by atoms with Crippen molar-refractivity contribution in [2.45, 2.75) is 6.10 Å². The number of para-hydroxylation sites is 2. The molecule has 4 nitrogen and oxygen atoms in total. The molecule has 29 heavy (non-hydrogen) atoms. The third-order valence-corrected chi connectivity index (χ3v) is 4.94. The third-order valence-electron chi connectivity index (χ3n) is 4.59. The van der Waals surface area contributed by atoms with Gasteiger partial charge in [-0.2, -0.15) is 0 Å². The molecule has 3 aromatic rings. The maximum absolute atomic E-state index is 13.0. The zero-order valence-corrected chi connectivity index (χ0v) is 16.4. The maximum Gasteiger partial charge on any atom is 0.252 e. The van der Waals surface area contributed by atoms with Crippen molar-refractivity contribution in [3.8, 4) is 11.5 Å². The summed E-state index contributed by atoms with van der Waals surface area (Å²) in [4.78, 5) is 13.0. The number of carbonyl (C=O) groups is 1. The Balaban J connectivity index is 1.51. The second-order valence-electron chi connectivity index (χ2n) is 6.65. The first-order valence-electron chi connectivity index (χ1n) is 9.39. The van der Waals surface area contributed by atoms with E-state index in [1.165, 1.54) is 0 Å². The number of fused-ring (bicyclic) bond motifs is 1. The van der Waals surface area contributed by atoms with Crippen LogP contribution in [0.5, 0.6) is 11.5 Å². The molecule has 0 unspecified atom stereocenters. The van der Waals surface area contributed by atoms with E-state index in [-0.39, 0.29) is 12.0 Å². The number of rotatable bonds is 5. The average molecular weight is 406 g/mol. The molecule has 1 N–H and O–H groups in total. The quantitative estimate of drug-likeness (QED) is 0.488. The molecule has 0 bridgehead atoms. The lowest BCUT2D eigenvalue weighted by molar-refractivity contribution is -0.116. The molecular formula is C24H20ClNO3. The van der Waals surface area contributed by atoms with E-state index in [0.717, 1.165) is 16.9 Å². The maximum atomic E-state index is 13.0. The van der Waals surface area contributed by atoms with Gasteiger partial charge in [-0.3, -0.25) is 4.79 Å². The van der Waals surface area contributed by atoms with Crippen LogP contribution in [-0.4, -0.2) is 25.2 Å². The Kier molecular flexibility index (Phi) is 5.82. The highest BCUT2D eigenvalue weighted by atomic mass is 35.5. The van der Waals surface area contributed by atoms with Crippen LogP contribution in [0, 0.1) is 0 Å². The molecule has 0 aliphatic carbocycles. The summed E-state index contributed by atoms with van der Waals surface area (Å²) in [6.07, 6.45) is 1.55. The van der Waals surface area contributed by atoms with Gasteiger partial charge < -0.3 is 14.8 Å². The second-order valence-corrected chi connectivity index (χ2v) is 7.06. The van der Waals surface area contributed by atoms with Gasteiger partial charge in [0.2, 0.25) is 0 Å². The van der Waals surface area contributed by atoms with Gasteiger partial charge in [-0.15, -0.1) is 0 Å². The highest BCUT2D eigenvalue weighted by molar-refractivity contribution is 6.33. The lowest BCUT2D eigenvalue weighted by Gasteiger charge is -2.26. The molecule has 5 heteroatoms. The summed E-state index contributed by atoms with van der Waals surface area (Å²) in [6.45, 7) is 0.714. The van der Waals surface area contributed by atoms with E-state index in [1.54, 1.807) is 12.1 Å². The van der Waals surface area contributed by atoms with E-state index in [0.29, 0.717) is 29.5 Å². The molecule has 3 aromatic carbocycles. The smallest absolute Gasteiger partial charge is 0.252 e. The molecule has 1 amide bonds. The van der Waals surface area contributed by atoms with Gasteiger partial charge in [0, 0.05) is 10.6 Å².